The van der Waals surface area contributed by atoms with Crippen LogP contribution >= 0.6 is 0 Å². The zero-order chi connectivity index (χ0) is 7.82. The maximum absolute atomic E-state index is 4.99. The van der Waals surface area contributed by atoms with Gasteiger partial charge in [0.1, 0.15) is 5.76 Å². The predicted octanol–water partition coefficient (Wildman–Crippen LogP) is 3.34. The Morgan fingerprint density at radius 2 is 2.10 bits per heavy atom. The minimum atomic E-state index is 0.910. The third-order valence-corrected chi connectivity index (χ3v) is 0.874. The van der Waals surface area contributed by atoms with Crippen LogP contribution in [0.5, 0.6) is 0 Å². The Labute approximate surface area is 62.4 Å². The predicted molar refractivity (Wildman–Crippen MR) is 44.8 cm³/mol. The van der Waals surface area contributed by atoms with Gasteiger partial charge in [-0.2, -0.15) is 0 Å². The molecule has 0 aliphatic heterocycles. The summed E-state index contributed by atoms with van der Waals surface area (Å²) in [6.45, 7) is 5.96. The quantitative estimate of drug-likeness (QED) is 0.580. The second-order valence-corrected chi connectivity index (χ2v) is 1.52. The molecule has 1 aromatic rings. The van der Waals surface area contributed by atoms with E-state index >= 15 is 0 Å². The molecule has 0 aromatic carbocycles. The van der Waals surface area contributed by atoms with E-state index in [1.54, 1.807) is 6.26 Å². The van der Waals surface area contributed by atoms with Crippen molar-refractivity contribution in [2.75, 3.05) is 0 Å². The van der Waals surface area contributed by atoms with E-state index in [9.17, 15) is 0 Å². The summed E-state index contributed by atoms with van der Waals surface area (Å²) in [6.07, 6.45) is 5.52. The molecule has 1 nitrogen and oxygen atoms in total. The highest BCUT2D eigenvalue weighted by molar-refractivity contribution is 5.41. The molecule has 56 valence electrons. The van der Waals surface area contributed by atoms with Crippen LogP contribution < -0.4 is 0 Å². The summed E-state index contributed by atoms with van der Waals surface area (Å²) in [6, 6.07) is 3.79. The molecular weight excluding hydrogens is 124 g/mol. The largest absolute Gasteiger partial charge is 0.465 e. The first kappa shape index (κ1) is 9.02. The van der Waals surface area contributed by atoms with Crippen molar-refractivity contribution in [3.05, 3.63) is 30.2 Å². The fraction of sp³-hybridized carbons (Fsp3) is 0.333. The molecule has 0 fully saturated rings. The maximum atomic E-state index is 4.99. The molecule has 0 aliphatic carbocycles. The van der Waals surface area contributed by atoms with E-state index in [0.29, 0.717) is 0 Å². The van der Waals surface area contributed by atoms with Crippen LogP contribution in [-0.2, 0) is 0 Å². The first-order valence-corrected chi connectivity index (χ1v) is 3.59. The van der Waals surface area contributed by atoms with Crippen LogP contribution in [0.2, 0.25) is 0 Å². The lowest BCUT2D eigenvalue weighted by Gasteiger charge is -1.76. The Balaban J connectivity index is 0.000000371. The van der Waals surface area contributed by atoms with E-state index in [1.165, 1.54) is 0 Å². The molecule has 0 N–H and O–H groups in total. The fourth-order valence-electron chi connectivity index (χ4n) is 0.550. The zero-order valence-electron chi connectivity index (χ0n) is 6.79. The van der Waals surface area contributed by atoms with E-state index in [2.05, 4.69) is 0 Å². The Bertz CT molecular complexity index is 161. The van der Waals surface area contributed by atoms with E-state index in [-0.39, 0.29) is 0 Å². The van der Waals surface area contributed by atoms with Crippen molar-refractivity contribution in [2.45, 2.75) is 20.8 Å². The second kappa shape index (κ2) is 6.14. The lowest BCUT2D eigenvalue weighted by molar-refractivity contribution is 0.557. The molecule has 0 unspecified atom stereocenters. The maximum Gasteiger partial charge on any atom is 0.126 e. The topological polar surface area (TPSA) is 13.1 Å². The van der Waals surface area contributed by atoms with Gasteiger partial charge in [-0.15, -0.1) is 0 Å². The summed E-state index contributed by atoms with van der Waals surface area (Å²) >= 11 is 0. The van der Waals surface area contributed by atoms with Crippen LogP contribution in [-0.4, -0.2) is 0 Å². The minimum absolute atomic E-state index is 0.910. The first-order valence-electron chi connectivity index (χ1n) is 3.59. The van der Waals surface area contributed by atoms with Crippen molar-refractivity contribution < 1.29 is 4.42 Å². The average molecular weight is 138 g/mol. The van der Waals surface area contributed by atoms with E-state index in [1.807, 2.05) is 45.1 Å². The van der Waals surface area contributed by atoms with Crippen LogP contribution in [0.25, 0.3) is 6.08 Å². The Hall–Kier alpha value is -0.980. The van der Waals surface area contributed by atoms with Gasteiger partial charge in [0, 0.05) is 0 Å². The van der Waals surface area contributed by atoms with Crippen molar-refractivity contribution in [3.63, 3.8) is 0 Å². The Morgan fingerprint density at radius 3 is 2.50 bits per heavy atom. The van der Waals surface area contributed by atoms with Crippen molar-refractivity contribution in [1.29, 1.82) is 0 Å². The molecule has 0 spiro atoms. The molecule has 1 heterocycles. The molecule has 0 aliphatic rings. The van der Waals surface area contributed by atoms with Gasteiger partial charge in [0.05, 0.1) is 6.26 Å². The smallest absolute Gasteiger partial charge is 0.126 e. The van der Waals surface area contributed by atoms with E-state index in [0.717, 1.165) is 5.76 Å². The highest BCUT2D eigenvalue weighted by Crippen LogP contribution is 2.00. The van der Waals surface area contributed by atoms with E-state index < -0.39 is 0 Å². The molecule has 10 heavy (non-hydrogen) atoms. The summed E-state index contributed by atoms with van der Waals surface area (Å²) in [4.78, 5) is 0. The summed E-state index contributed by atoms with van der Waals surface area (Å²) in [5.74, 6) is 0.910. The molecule has 1 aromatic heterocycles. The normalized spacial score (nSPS) is 9.10. The summed E-state index contributed by atoms with van der Waals surface area (Å²) in [5, 5.41) is 0. The van der Waals surface area contributed by atoms with Gasteiger partial charge in [0.2, 0.25) is 0 Å². The third-order valence-electron chi connectivity index (χ3n) is 0.874. The SMILES string of the molecule is C/C=C/c1ccco1.CC. The highest BCUT2D eigenvalue weighted by Gasteiger charge is 1.81. The molecule has 1 rings (SSSR count). The molecule has 1 heteroatoms. The standard InChI is InChI=1S/C7H8O.C2H6/c1-2-4-7-5-3-6-8-7;1-2/h2-6H,1H3;1-2H3/b4-2+;. The summed E-state index contributed by atoms with van der Waals surface area (Å²) in [5.41, 5.74) is 0. The van der Waals surface area contributed by atoms with Crippen molar-refractivity contribution in [3.8, 4) is 0 Å². The summed E-state index contributed by atoms with van der Waals surface area (Å²) in [7, 11) is 0. The molecular formula is C9H14O. The first-order chi connectivity index (χ1) is 4.93. The monoisotopic (exact) mass is 138 g/mol. The van der Waals surface area contributed by atoms with Crippen molar-refractivity contribution >= 4 is 6.08 Å². The number of hydrogen-bond donors (Lipinski definition) is 0. The number of furan rings is 1. The van der Waals surface area contributed by atoms with Crippen LogP contribution in [0.4, 0.5) is 0 Å². The molecule has 0 saturated heterocycles. The summed E-state index contributed by atoms with van der Waals surface area (Å²) < 4.78 is 4.99. The fourth-order valence-corrected chi connectivity index (χ4v) is 0.550. The van der Waals surface area contributed by atoms with Crippen molar-refractivity contribution in [2.24, 2.45) is 0 Å². The van der Waals surface area contributed by atoms with Gasteiger partial charge in [0.25, 0.3) is 0 Å². The van der Waals surface area contributed by atoms with Crippen LogP contribution in [0.1, 0.15) is 26.5 Å². The van der Waals surface area contributed by atoms with Gasteiger partial charge in [-0.05, 0) is 25.1 Å². The van der Waals surface area contributed by atoms with Gasteiger partial charge in [-0.1, -0.05) is 19.9 Å². The number of rotatable bonds is 1. The van der Waals surface area contributed by atoms with Gasteiger partial charge >= 0.3 is 0 Å². The lowest BCUT2D eigenvalue weighted by Crippen LogP contribution is -1.54. The molecule has 0 bridgehead atoms. The van der Waals surface area contributed by atoms with Gasteiger partial charge in [-0.3, -0.25) is 0 Å². The number of hydrogen-bond acceptors (Lipinski definition) is 1. The molecule has 0 saturated carbocycles. The third kappa shape index (κ3) is 3.13. The average Bonchev–Trinajstić information content (AvgIpc) is 2.46. The van der Waals surface area contributed by atoms with Gasteiger partial charge in [-0.25, -0.2) is 0 Å². The molecule has 0 atom stereocenters. The van der Waals surface area contributed by atoms with Crippen molar-refractivity contribution in [1.82, 2.24) is 0 Å². The van der Waals surface area contributed by atoms with Gasteiger partial charge < -0.3 is 4.42 Å². The van der Waals surface area contributed by atoms with Crippen LogP contribution in [0, 0.1) is 0 Å². The van der Waals surface area contributed by atoms with Crippen LogP contribution in [0.15, 0.2) is 28.9 Å². The highest BCUT2D eigenvalue weighted by atomic mass is 16.3. The number of allylic oxidation sites excluding steroid dienone is 1. The minimum Gasteiger partial charge on any atom is -0.465 e. The zero-order valence-corrected chi connectivity index (χ0v) is 6.79. The lowest BCUT2D eigenvalue weighted by atomic mass is 10.4. The molecule has 0 radical (unpaired) electrons. The van der Waals surface area contributed by atoms with Gasteiger partial charge in [0.15, 0.2) is 0 Å². The second-order valence-electron chi connectivity index (χ2n) is 1.52. The van der Waals surface area contributed by atoms with Crippen LogP contribution in [0.3, 0.4) is 0 Å². The Kier molecular flexibility index (Phi) is 5.54. The molecule has 0 amide bonds. The van der Waals surface area contributed by atoms with E-state index in [4.69, 9.17) is 4.42 Å². The Morgan fingerprint density at radius 1 is 1.40 bits per heavy atom.